The molecule has 2 amide bonds. The van der Waals surface area contributed by atoms with Gasteiger partial charge >= 0.3 is 12.0 Å². The molecule has 2 rings (SSSR count). The first-order valence-electron chi connectivity index (χ1n) is 7.70. The number of urea groups is 1. The van der Waals surface area contributed by atoms with Crippen molar-refractivity contribution < 1.29 is 19.4 Å². The number of carboxylic acids is 1. The first kappa shape index (κ1) is 16.1. The number of likely N-dealkylation sites (tertiary alicyclic amines) is 1. The molecule has 1 aliphatic carbocycles. The minimum atomic E-state index is -0.803. The summed E-state index contributed by atoms with van der Waals surface area (Å²) in [6, 6.07) is 0.00172. The Morgan fingerprint density at radius 1 is 1.38 bits per heavy atom. The van der Waals surface area contributed by atoms with Gasteiger partial charge in [-0.3, -0.25) is 4.79 Å². The van der Waals surface area contributed by atoms with Gasteiger partial charge in [-0.1, -0.05) is 13.8 Å². The van der Waals surface area contributed by atoms with E-state index in [1.165, 1.54) is 0 Å². The summed E-state index contributed by atoms with van der Waals surface area (Å²) in [5.41, 5.74) is -0.803. The van der Waals surface area contributed by atoms with Crippen molar-refractivity contribution in [1.82, 2.24) is 10.2 Å². The number of rotatable bonds is 4. The molecule has 6 heteroatoms. The minimum absolute atomic E-state index is 0.0113. The van der Waals surface area contributed by atoms with E-state index in [0.29, 0.717) is 19.5 Å². The quantitative estimate of drug-likeness (QED) is 0.828. The zero-order chi connectivity index (χ0) is 15.6. The zero-order valence-electron chi connectivity index (χ0n) is 13.1. The first-order valence-corrected chi connectivity index (χ1v) is 7.70. The molecule has 6 nitrogen and oxygen atoms in total. The van der Waals surface area contributed by atoms with Crippen LogP contribution in [0.15, 0.2) is 0 Å². The van der Waals surface area contributed by atoms with Gasteiger partial charge in [0.25, 0.3) is 0 Å². The normalized spacial score (nSPS) is 32.7. The molecule has 1 saturated carbocycles. The molecular formula is C15H26N2O4. The van der Waals surface area contributed by atoms with Crippen molar-refractivity contribution in [2.24, 2.45) is 11.3 Å². The average Bonchev–Trinajstić information content (AvgIpc) is 3.05. The predicted molar refractivity (Wildman–Crippen MR) is 78.1 cm³/mol. The summed E-state index contributed by atoms with van der Waals surface area (Å²) < 4.78 is 5.30. The lowest BCUT2D eigenvalue weighted by Crippen LogP contribution is -2.46. The first-order chi connectivity index (χ1) is 9.89. The van der Waals surface area contributed by atoms with E-state index in [-0.39, 0.29) is 24.1 Å². The fourth-order valence-corrected chi connectivity index (χ4v) is 3.45. The second-order valence-electron chi connectivity index (χ2n) is 6.60. The molecule has 1 aliphatic heterocycles. The predicted octanol–water partition coefficient (Wildman–Crippen LogP) is 1.70. The maximum Gasteiger partial charge on any atom is 0.317 e. The van der Waals surface area contributed by atoms with Crippen LogP contribution in [0.5, 0.6) is 0 Å². The Hall–Kier alpha value is -1.30. The maximum atomic E-state index is 12.3. The molecular weight excluding hydrogens is 272 g/mol. The molecule has 1 heterocycles. The van der Waals surface area contributed by atoms with Crippen molar-refractivity contribution in [2.75, 3.05) is 20.2 Å². The highest BCUT2D eigenvalue weighted by Crippen LogP contribution is 2.38. The van der Waals surface area contributed by atoms with Crippen LogP contribution in [0.2, 0.25) is 0 Å². The number of carboxylic acid groups (broad SMARTS) is 1. The van der Waals surface area contributed by atoms with Gasteiger partial charge in [-0.25, -0.2) is 4.79 Å². The number of aliphatic carboxylic acids is 1. The summed E-state index contributed by atoms with van der Waals surface area (Å²) in [7, 11) is 1.69. The molecule has 120 valence electrons. The fraction of sp³-hybridized carbons (Fsp3) is 0.867. The van der Waals surface area contributed by atoms with Gasteiger partial charge in [-0.2, -0.15) is 0 Å². The Morgan fingerprint density at radius 3 is 2.57 bits per heavy atom. The Balaban J connectivity index is 1.92. The lowest BCUT2D eigenvalue weighted by molar-refractivity contribution is -0.150. The summed E-state index contributed by atoms with van der Waals surface area (Å²) >= 11 is 0. The topological polar surface area (TPSA) is 78.9 Å². The smallest absolute Gasteiger partial charge is 0.317 e. The van der Waals surface area contributed by atoms with Gasteiger partial charge in [0, 0.05) is 26.2 Å². The number of amides is 2. The van der Waals surface area contributed by atoms with E-state index in [4.69, 9.17) is 4.74 Å². The van der Waals surface area contributed by atoms with Crippen molar-refractivity contribution in [3.8, 4) is 0 Å². The van der Waals surface area contributed by atoms with Gasteiger partial charge in [0.2, 0.25) is 0 Å². The summed E-state index contributed by atoms with van der Waals surface area (Å²) in [5, 5.41) is 12.5. The number of hydrogen-bond donors (Lipinski definition) is 2. The van der Waals surface area contributed by atoms with Gasteiger partial charge < -0.3 is 20.1 Å². The summed E-state index contributed by atoms with van der Waals surface area (Å²) in [5.74, 6) is -0.787. The highest BCUT2D eigenvalue weighted by molar-refractivity contribution is 5.80. The van der Waals surface area contributed by atoms with Gasteiger partial charge in [-0.15, -0.1) is 0 Å². The van der Waals surface area contributed by atoms with Gasteiger partial charge in [0.1, 0.15) is 0 Å². The van der Waals surface area contributed by atoms with Gasteiger partial charge in [0.15, 0.2) is 0 Å². The molecule has 0 bridgehead atoms. The average molecular weight is 298 g/mol. The number of nitrogens with zero attached hydrogens (tertiary/aromatic N) is 1. The third-order valence-electron chi connectivity index (χ3n) is 5.16. The second-order valence-corrected chi connectivity index (χ2v) is 6.60. The van der Waals surface area contributed by atoms with Crippen LogP contribution in [-0.4, -0.2) is 54.4 Å². The van der Waals surface area contributed by atoms with E-state index in [1.807, 2.05) is 13.8 Å². The standard InChI is InChI=1S/C15H26N2O4/c1-10(2)15(13(18)19)6-7-17(9-15)14(20)16-11-4-5-12(8-11)21-3/h10-12H,4-9H2,1-3H3,(H,16,20)(H,18,19). The van der Waals surface area contributed by atoms with E-state index in [1.54, 1.807) is 12.0 Å². The number of carbonyl (C=O) groups is 2. The van der Waals surface area contributed by atoms with Crippen LogP contribution in [0.4, 0.5) is 4.79 Å². The molecule has 0 aromatic rings. The van der Waals surface area contributed by atoms with Crippen LogP contribution in [0.25, 0.3) is 0 Å². The lowest BCUT2D eigenvalue weighted by Gasteiger charge is -2.29. The highest BCUT2D eigenvalue weighted by Gasteiger charge is 2.48. The van der Waals surface area contributed by atoms with Crippen LogP contribution < -0.4 is 5.32 Å². The molecule has 0 spiro atoms. The molecule has 0 aromatic carbocycles. The van der Waals surface area contributed by atoms with Crippen LogP contribution in [0, 0.1) is 11.3 Å². The van der Waals surface area contributed by atoms with Crippen molar-refractivity contribution in [3.05, 3.63) is 0 Å². The number of carbonyl (C=O) groups excluding carboxylic acids is 1. The SMILES string of the molecule is COC1CCC(NC(=O)N2CCC(C(=O)O)(C(C)C)C2)C1. The summed E-state index contributed by atoms with van der Waals surface area (Å²) in [6.45, 7) is 4.63. The Morgan fingerprint density at radius 2 is 2.10 bits per heavy atom. The Kier molecular flexibility index (Phi) is 4.76. The molecule has 21 heavy (non-hydrogen) atoms. The number of nitrogens with one attached hydrogen (secondary N) is 1. The summed E-state index contributed by atoms with van der Waals surface area (Å²) in [6.07, 6.45) is 3.48. The minimum Gasteiger partial charge on any atom is -0.481 e. The highest BCUT2D eigenvalue weighted by atomic mass is 16.5. The molecule has 3 unspecified atom stereocenters. The van der Waals surface area contributed by atoms with Crippen LogP contribution in [0.3, 0.4) is 0 Å². The van der Waals surface area contributed by atoms with E-state index in [9.17, 15) is 14.7 Å². The number of hydrogen-bond acceptors (Lipinski definition) is 3. The molecule has 1 saturated heterocycles. The molecule has 0 radical (unpaired) electrons. The fourth-order valence-electron chi connectivity index (χ4n) is 3.45. The monoisotopic (exact) mass is 298 g/mol. The lowest BCUT2D eigenvalue weighted by atomic mass is 9.76. The van der Waals surface area contributed by atoms with E-state index >= 15 is 0 Å². The molecule has 3 atom stereocenters. The molecule has 2 aliphatic rings. The van der Waals surface area contributed by atoms with Gasteiger partial charge in [-0.05, 0) is 31.6 Å². The number of methoxy groups -OCH3 is 1. The van der Waals surface area contributed by atoms with Crippen LogP contribution in [0.1, 0.15) is 39.5 Å². The number of ether oxygens (including phenoxy) is 1. The van der Waals surface area contributed by atoms with Crippen molar-refractivity contribution in [1.29, 1.82) is 0 Å². The molecule has 2 N–H and O–H groups in total. The van der Waals surface area contributed by atoms with Gasteiger partial charge in [0.05, 0.1) is 11.5 Å². The van der Waals surface area contributed by atoms with E-state index in [0.717, 1.165) is 19.3 Å². The van der Waals surface area contributed by atoms with Crippen molar-refractivity contribution >= 4 is 12.0 Å². The van der Waals surface area contributed by atoms with Crippen LogP contribution in [-0.2, 0) is 9.53 Å². The van der Waals surface area contributed by atoms with Crippen molar-refractivity contribution in [3.63, 3.8) is 0 Å². The zero-order valence-corrected chi connectivity index (χ0v) is 13.1. The summed E-state index contributed by atoms with van der Waals surface area (Å²) in [4.78, 5) is 25.5. The largest absolute Gasteiger partial charge is 0.481 e. The van der Waals surface area contributed by atoms with Crippen LogP contribution >= 0.6 is 0 Å². The Labute approximate surface area is 125 Å². The van der Waals surface area contributed by atoms with E-state index < -0.39 is 11.4 Å². The Bertz CT molecular complexity index is 412. The maximum absolute atomic E-state index is 12.3. The molecule has 0 aromatic heterocycles. The van der Waals surface area contributed by atoms with E-state index in [2.05, 4.69) is 5.32 Å². The third kappa shape index (κ3) is 3.15. The third-order valence-corrected chi connectivity index (χ3v) is 5.16. The molecule has 2 fully saturated rings. The second kappa shape index (κ2) is 6.22. The van der Waals surface area contributed by atoms with Crippen molar-refractivity contribution in [2.45, 2.75) is 51.7 Å².